The Morgan fingerprint density at radius 3 is 2.83 bits per heavy atom. The van der Waals surface area contributed by atoms with Gasteiger partial charge >= 0.3 is 5.97 Å². The first kappa shape index (κ1) is 20.3. The van der Waals surface area contributed by atoms with Gasteiger partial charge < -0.3 is 14.2 Å². The number of carbonyl (C=O) groups excluding carboxylic acids is 1. The topological polar surface area (TPSA) is 90.7 Å². The number of ether oxygens (including phenoxy) is 3. The molecule has 0 bridgehead atoms. The Hall–Kier alpha value is -3.46. The smallest absolute Gasteiger partial charge is 0.308 e. The maximum Gasteiger partial charge on any atom is 0.308 e. The Bertz CT molecular complexity index is 1100. The van der Waals surface area contributed by atoms with E-state index in [1.165, 1.54) is 18.7 Å². The molecular weight excluding hydrogens is 392 g/mol. The van der Waals surface area contributed by atoms with Gasteiger partial charge in [-0.2, -0.15) is 14.9 Å². The summed E-state index contributed by atoms with van der Waals surface area (Å²) in [5.74, 6) is 1.62. The zero-order valence-electron chi connectivity index (χ0n) is 16.2. The molecule has 3 rings (SSSR count). The van der Waals surface area contributed by atoms with Crippen LogP contribution in [0.5, 0.6) is 17.2 Å². The van der Waals surface area contributed by atoms with Gasteiger partial charge in [0.1, 0.15) is 5.75 Å². The predicted molar refractivity (Wildman–Crippen MR) is 111 cm³/mol. The molecule has 0 fully saturated rings. The van der Waals surface area contributed by atoms with Crippen LogP contribution in [-0.4, -0.2) is 40.8 Å². The van der Waals surface area contributed by atoms with Crippen LogP contribution in [0.15, 0.2) is 47.6 Å². The van der Waals surface area contributed by atoms with Crippen LogP contribution in [0.3, 0.4) is 0 Å². The van der Waals surface area contributed by atoms with Crippen molar-refractivity contribution in [1.29, 1.82) is 0 Å². The molecule has 1 heterocycles. The van der Waals surface area contributed by atoms with E-state index in [4.69, 9.17) is 26.4 Å². The molecule has 3 aromatic rings. The lowest BCUT2D eigenvalue weighted by atomic mass is 10.2. The monoisotopic (exact) mass is 412 g/mol. The highest BCUT2D eigenvalue weighted by Crippen LogP contribution is 2.28. The van der Waals surface area contributed by atoms with Gasteiger partial charge in [0.25, 0.3) is 0 Å². The zero-order chi connectivity index (χ0) is 20.8. The predicted octanol–water partition coefficient (Wildman–Crippen LogP) is 3.82. The molecule has 29 heavy (non-hydrogen) atoms. The first-order valence-corrected chi connectivity index (χ1v) is 9.24. The van der Waals surface area contributed by atoms with E-state index in [1.54, 1.807) is 24.4 Å². The molecule has 0 unspecified atom stereocenters. The number of carbonyl (C=O) groups is 1. The highest BCUT2D eigenvalue weighted by Gasteiger charge is 2.10. The molecule has 0 spiro atoms. The van der Waals surface area contributed by atoms with E-state index >= 15 is 0 Å². The quantitative estimate of drug-likeness (QED) is 0.275. The summed E-state index contributed by atoms with van der Waals surface area (Å²) < 4.78 is 17.8. The maximum absolute atomic E-state index is 11.2. The number of benzene rings is 2. The highest BCUT2D eigenvalue weighted by molar-refractivity contribution is 7.71. The number of hydrogen-bond acceptors (Lipinski definition) is 7. The van der Waals surface area contributed by atoms with Crippen molar-refractivity contribution in [3.8, 4) is 28.6 Å². The van der Waals surface area contributed by atoms with Crippen molar-refractivity contribution >= 4 is 24.4 Å². The molecule has 0 saturated heterocycles. The number of hydrogen-bond donors (Lipinski definition) is 1. The summed E-state index contributed by atoms with van der Waals surface area (Å²) in [7, 11) is 1.50. The summed E-state index contributed by atoms with van der Waals surface area (Å²) in [6.07, 6.45) is 1.61. The van der Waals surface area contributed by atoms with Gasteiger partial charge in [0.2, 0.25) is 4.77 Å². The van der Waals surface area contributed by atoms with Crippen molar-refractivity contribution in [2.45, 2.75) is 13.8 Å². The third kappa shape index (κ3) is 4.88. The lowest BCUT2D eigenvalue weighted by Crippen LogP contribution is -2.03. The molecule has 8 nitrogen and oxygen atoms in total. The summed E-state index contributed by atoms with van der Waals surface area (Å²) in [5.41, 5.74) is 1.54. The molecule has 0 amide bonds. The summed E-state index contributed by atoms with van der Waals surface area (Å²) >= 11 is 5.31. The first-order chi connectivity index (χ1) is 14.0. The van der Waals surface area contributed by atoms with Gasteiger partial charge in [0, 0.05) is 12.5 Å². The number of methoxy groups -OCH3 is 1. The third-order valence-corrected chi connectivity index (χ3v) is 4.08. The minimum atomic E-state index is -0.423. The number of nitrogens with one attached hydrogen (secondary N) is 1. The minimum absolute atomic E-state index is 0.338. The minimum Gasteiger partial charge on any atom is -0.494 e. The van der Waals surface area contributed by atoms with E-state index in [2.05, 4.69) is 15.3 Å². The van der Waals surface area contributed by atoms with Crippen molar-refractivity contribution in [2.24, 2.45) is 5.10 Å². The summed E-state index contributed by atoms with van der Waals surface area (Å²) in [6.45, 7) is 3.82. The van der Waals surface area contributed by atoms with E-state index in [0.717, 1.165) is 16.9 Å². The summed E-state index contributed by atoms with van der Waals surface area (Å²) in [4.78, 5) is 11.2. The van der Waals surface area contributed by atoms with E-state index in [1.807, 2.05) is 31.2 Å². The number of nitrogens with zero attached hydrogens (tertiary/aromatic N) is 3. The molecular formula is C20H20N4O4S. The van der Waals surface area contributed by atoms with Crippen molar-refractivity contribution in [1.82, 2.24) is 14.9 Å². The molecule has 0 aliphatic carbocycles. The lowest BCUT2D eigenvalue weighted by molar-refractivity contribution is -0.132. The second-order valence-corrected chi connectivity index (χ2v) is 6.26. The largest absolute Gasteiger partial charge is 0.494 e. The highest BCUT2D eigenvalue weighted by atomic mass is 32.1. The number of rotatable bonds is 7. The molecule has 2 aromatic carbocycles. The second kappa shape index (κ2) is 9.16. The molecule has 0 radical (unpaired) electrons. The molecule has 150 valence electrons. The molecule has 0 atom stereocenters. The molecule has 1 N–H and O–H groups in total. The Morgan fingerprint density at radius 2 is 2.10 bits per heavy atom. The van der Waals surface area contributed by atoms with Crippen molar-refractivity contribution < 1.29 is 19.0 Å². The number of esters is 1. The average molecular weight is 412 g/mol. The van der Waals surface area contributed by atoms with Crippen LogP contribution in [0.2, 0.25) is 0 Å². The molecule has 0 aliphatic rings. The Balaban J connectivity index is 1.92. The fourth-order valence-corrected chi connectivity index (χ4v) is 2.78. The number of H-pyrrole nitrogens is 1. The molecule has 0 aliphatic heterocycles. The molecule has 0 saturated carbocycles. The van der Waals surface area contributed by atoms with Crippen molar-refractivity contribution in [3.63, 3.8) is 0 Å². The van der Waals surface area contributed by atoms with Crippen LogP contribution in [0.25, 0.3) is 11.4 Å². The van der Waals surface area contributed by atoms with Gasteiger partial charge in [-0.15, -0.1) is 0 Å². The molecule has 9 heteroatoms. The molecule has 1 aromatic heterocycles. The Labute approximate surface area is 172 Å². The van der Waals surface area contributed by atoms with Crippen molar-refractivity contribution in [2.75, 3.05) is 13.7 Å². The SMILES string of the molecule is CCOc1cccc(-c2n[nH]c(=S)n2/N=C/c2ccc(OC(C)=O)c(OC)c2)c1. The fraction of sp³-hybridized carbons (Fsp3) is 0.200. The summed E-state index contributed by atoms with van der Waals surface area (Å²) in [5, 5.41) is 11.5. The van der Waals surface area contributed by atoms with Crippen LogP contribution in [0.1, 0.15) is 19.4 Å². The standard InChI is InChI=1S/C20H20N4O4S/c1-4-27-16-7-5-6-15(11-16)19-22-23-20(29)24(19)21-12-14-8-9-17(28-13(2)25)18(10-14)26-3/h5-12H,4H2,1-3H3,(H,23,29)/b21-12+. The van der Waals surface area contributed by atoms with E-state index in [0.29, 0.717) is 28.7 Å². The van der Waals surface area contributed by atoms with Crippen molar-refractivity contribution in [3.05, 3.63) is 52.8 Å². The van der Waals surface area contributed by atoms with Gasteiger partial charge in [0.15, 0.2) is 17.3 Å². The van der Waals surface area contributed by atoms with Gasteiger partial charge in [-0.05, 0) is 55.0 Å². The maximum atomic E-state index is 11.2. The van der Waals surface area contributed by atoms with Crippen LogP contribution in [-0.2, 0) is 4.79 Å². The van der Waals surface area contributed by atoms with Gasteiger partial charge in [-0.3, -0.25) is 4.79 Å². The number of aromatic amines is 1. The van der Waals surface area contributed by atoms with Crippen LogP contribution in [0.4, 0.5) is 0 Å². The van der Waals surface area contributed by atoms with E-state index < -0.39 is 5.97 Å². The van der Waals surface area contributed by atoms with E-state index in [-0.39, 0.29) is 0 Å². The Kier molecular flexibility index (Phi) is 6.40. The van der Waals surface area contributed by atoms with Crippen LogP contribution in [0, 0.1) is 4.77 Å². The van der Waals surface area contributed by atoms with Crippen LogP contribution >= 0.6 is 12.2 Å². The van der Waals surface area contributed by atoms with Gasteiger partial charge in [-0.1, -0.05) is 12.1 Å². The number of aromatic nitrogens is 3. The second-order valence-electron chi connectivity index (χ2n) is 5.87. The summed E-state index contributed by atoms with van der Waals surface area (Å²) in [6, 6.07) is 12.6. The Morgan fingerprint density at radius 1 is 1.28 bits per heavy atom. The van der Waals surface area contributed by atoms with E-state index in [9.17, 15) is 4.79 Å². The van der Waals surface area contributed by atoms with Gasteiger partial charge in [0.05, 0.1) is 19.9 Å². The zero-order valence-corrected chi connectivity index (χ0v) is 17.0. The average Bonchev–Trinajstić information content (AvgIpc) is 3.07. The normalized spacial score (nSPS) is 10.9. The third-order valence-electron chi connectivity index (χ3n) is 3.82. The first-order valence-electron chi connectivity index (χ1n) is 8.83. The fourth-order valence-electron chi connectivity index (χ4n) is 2.61. The lowest BCUT2D eigenvalue weighted by Gasteiger charge is -2.08. The van der Waals surface area contributed by atoms with Gasteiger partial charge in [-0.25, -0.2) is 5.10 Å². The van der Waals surface area contributed by atoms with Crippen LogP contribution < -0.4 is 14.2 Å².